The minimum Gasteiger partial charge on any atom is -0.401 e. The van der Waals surface area contributed by atoms with Gasteiger partial charge in [-0.2, -0.15) is 0 Å². The predicted octanol–water partition coefficient (Wildman–Crippen LogP) is 1.05. The topological polar surface area (TPSA) is 52.0 Å². The second-order valence-electron chi connectivity index (χ2n) is 1.91. The van der Waals surface area contributed by atoms with Crippen LogP contribution in [0.2, 0.25) is 0 Å². The highest BCUT2D eigenvalue weighted by Crippen LogP contribution is 2.04. The summed E-state index contributed by atoms with van der Waals surface area (Å²) in [4.78, 5) is 0. The number of allylic oxidation sites excluding steroid dienone is 1. The summed E-state index contributed by atoms with van der Waals surface area (Å²) in [6.07, 6.45) is 0. The van der Waals surface area contributed by atoms with Crippen LogP contribution in [-0.4, -0.2) is 0 Å². The first-order valence-corrected chi connectivity index (χ1v) is 3.43. The number of rotatable bonds is 2. The van der Waals surface area contributed by atoms with E-state index in [0.717, 1.165) is 17.6 Å². The summed E-state index contributed by atoms with van der Waals surface area (Å²) >= 11 is 1.15. The maximum absolute atomic E-state index is 5.49. The molecule has 0 aliphatic rings. The molecule has 0 amide bonds. The molecule has 0 heterocycles. The van der Waals surface area contributed by atoms with Crippen molar-refractivity contribution in [3.05, 3.63) is 11.1 Å². The Morgan fingerprint density at radius 1 is 1.62 bits per heavy atom. The summed E-state index contributed by atoms with van der Waals surface area (Å²) < 4.78 is 0. The lowest BCUT2D eigenvalue weighted by Gasteiger charge is -2.01. The van der Waals surface area contributed by atoms with E-state index in [0.29, 0.717) is 5.92 Å². The minimum atomic E-state index is 0.408. The van der Waals surface area contributed by atoms with E-state index in [1.54, 1.807) is 5.41 Å². The monoisotopic (exact) mass is 132 g/mol. The average Bonchev–Trinajstić information content (AvgIpc) is 1.67. The fraction of sp³-hybridized carbons (Fsp3) is 0.600. The SMILES string of the molecule is CC(C)/C(N)=C/SN. The molecule has 3 heteroatoms. The molecule has 0 fully saturated rings. The van der Waals surface area contributed by atoms with Crippen LogP contribution in [0, 0.1) is 5.92 Å². The lowest BCUT2D eigenvalue weighted by atomic mass is 10.2. The summed E-state index contributed by atoms with van der Waals surface area (Å²) in [5.41, 5.74) is 6.33. The predicted molar refractivity (Wildman–Crippen MR) is 38.9 cm³/mol. The Morgan fingerprint density at radius 3 is 2.25 bits per heavy atom. The molecule has 0 spiro atoms. The van der Waals surface area contributed by atoms with E-state index in [1.165, 1.54) is 0 Å². The van der Waals surface area contributed by atoms with Crippen molar-refractivity contribution in [3.63, 3.8) is 0 Å². The number of nitrogens with two attached hydrogens (primary N) is 2. The molecule has 0 aliphatic heterocycles. The fourth-order valence-electron chi connectivity index (χ4n) is 0.215. The number of hydrogen-bond acceptors (Lipinski definition) is 3. The molecule has 48 valence electrons. The normalized spacial score (nSPS) is 12.8. The summed E-state index contributed by atoms with van der Waals surface area (Å²) in [5, 5.41) is 6.88. The molecule has 8 heavy (non-hydrogen) atoms. The highest BCUT2D eigenvalue weighted by molar-refractivity contribution is 7.99. The van der Waals surface area contributed by atoms with Crippen LogP contribution in [0.4, 0.5) is 0 Å². The zero-order valence-corrected chi connectivity index (χ0v) is 6.03. The molecule has 0 atom stereocenters. The maximum Gasteiger partial charge on any atom is 0.0183 e. The van der Waals surface area contributed by atoms with Gasteiger partial charge in [-0.05, 0) is 5.92 Å². The molecule has 0 aliphatic carbocycles. The van der Waals surface area contributed by atoms with Crippen molar-refractivity contribution in [2.75, 3.05) is 0 Å². The van der Waals surface area contributed by atoms with Gasteiger partial charge in [0.15, 0.2) is 0 Å². The zero-order chi connectivity index (χ0) is 6.57. The molecule has 0 bridgehead atoms. The molecule has 2 nitrogen and oxygen atoms in total. The molecule has 0 aromatic rings. The van der Waals surface area contributed by atoms with Crippen LogP contribution >= 0.6 is 11.9 Å². The highest BCUT2D eigenvalue weighted by atomic mass is 32.2. The zero-order valence-electron chi connectivity index (χ0n) is 5.22. The van der Waals surface area contributed by atoms with Gasteiger partial charge in [0.1, 0.15) is 0 Å². The van der Waals surface area contributed by atoms with E-state index in [-0.39, 0.29) is 0 Å². The Kier molecular flexibility index (Phi) is 3.73. The van der Waals surface area contributed by atoms with Gasteiger partial charge in [0.2, 0.25) is 0 Å². The summed E-state index contributed by atoms with van der Waals surface area (Å²) in [5.74, 6) is 0.408. The molecule has 0 rings (SSSR count). The van der Waals surface area contributed by atoms with Gasteiger partial charge >= 0.3 is 0 Å². The molecular formula is C5H12N2S. The van der Waals surface area contributed by atoms with Gasteiger partial charge in [0.25, 0.3) is 0 Å². The Hall–Kier alpha value is -0.150. The standard InChI is InChI=1S/C5H12N2S/c1-4(2)5(6)3-8-7/h3-4H,6-7H2,1-2H3/b5-3-. The van der Waals surface area contributed by atoms with Crippen molar-refractivity contribution in [2.45, 2.75) is 13.8 Å². The molecule has 0 saturated heterocycles. The van der Waals surface area contributed by atoms with Crippen molar-refractivity contribution < 1.29 is 0 Å². The Bertz CT molecular complexity index is 88.4. The second kappa shape index (κ2) is 3.80. The van der Waals surface area contributed by atoms with E-state index in [2.05, 4.69) is 0 Å². The molecule has 0 radical (unpaired) electrons. The third-order valence-electron chi connectivity index (χ3n) is 0.871. The van der Waals surface area contributed by atoms with Crippen LogP contribution in [0.15, 0.2) is 11.1 Å². The third kappa shape index (κ3) is 2.93. The van der Waals surface area contributed by atoms with Gasteiger partial charge in [-0.3, -0.25) is 5.14 Å². The Balaban J connectivity index is 3.61. The first-order chi connectivity index (χ1) is 3.68. The molecular weight excluding hydrogens is 120 g/mol. The first-order valence-electron chi connectivity index (χ1n) is 2.49. The van der Waals surface area contributed by atoms with Crippen LogP contribution in [0.5, 0.6) is 0 Å². The molecule has 0 aromatic heterocycles. The smallest absolute Gasteiger partial charge is 0.0183 e. The van der Waals surface area contributed by atoms with Gasteiger partial charge in [-0.25, -0.2) is 0 Å². The lowest BCUT2D eigenvalue weighted by Crippen LogP contribution is -2.03. The molecule has 4 N–H and O–H groups in total. The fourth-order valence-corrected chi connectivity index (χ4v) is 0.644. The molecule has 0 aromatic carbocycles. The third-order valence-corrected chi connectivity index (χ3v) is 1.28. The summed E-state index contributed by atoms with van der Waals surface area (Å²) in [7, 11) is 0. The van der Waals surface area contributed by atoms with Crippen molar-refractivity contribution in [3.8, 4) is 0 Å². The van der Waals surface area contributed by atoms with Crippen molar-refractivity contribution in [1.29, 1.82) is 0 Å². The van der Waals surface area contributed by atoms with Gasteiger partial charge < -0.3 is 5.73 Å². The van der Waals surface area contributed by atoms with Gasteiger partial charge in [-0.15, -0.1) is 0 Å². The average molecular weight is 132 g/mol. The lowest BCUT2D eigenvalue weighted by molar-refractivity contribution is 0.760. The van der Waals surface area contributed by atoms with Crippen molar-refractivity contribution in [2.24, 2.45) is 16.8 Å². The minimum absolute atomic E-state index is 0.408. The largest absolute Gasteiger partial charge is 0.401 e. The summed E-state index contributed by atoms with van der Waals surface area (Å²) in [6.45, 7) is 4.06. The van der Waals surface area contributed by atoms with E-state index >= 15 is 0 Å². The molecule has 0 saturated carbocycles. The van der Waals surface area contributed by atoms with Gasteiger partial charge in [-0.1, -0.05) is 25.8 Å². The van der Waals surface area contributed by atoms with Crippen LogP contribution in [0.3, 0.4) is 0 Å². The van der Waals surface area contributed by atoms with Crippen LogP contribution in [0.1, 0.15) is 13.8 Å². The van der Waals surface area contributed by atoms with E-state index in [1.807, 2.05) is 13.8 Å². The van der Waals surface area contributed by atoms with Crippen LogP contribution < -0.4 is 10.9 Å². The quantitative estimate of drug-likeness (QED) is 0.552. The van der Waals surface area contributed by atoms with Crippen LogP contribution in [-0.2, 0) is 0 Å². The van der Waals surface area contributed by atoms with Crippen molar-refractivity contribution in [1.82, 2.24) is 0 Å². The van der Waals surface area contributed by atoms with Crippen molar-refractivity contribution >= 4 is 11.9 Å². The number of hydrogen-bond donors (Lipinski definition) is 2. The van der Waals surface area contributed by atoms with Gasteiger partial charge in [0.05, 0.1) is 0 Å². The Labute approximate surface area is 54.4 Å². The Morgan fingerprint density at radius 2 is 2.12 bits per heavy atom. The highest BCUT2D eigenvalue weighted by Gasteiger charge is 1.93. The molecule has 0 unspecified atom stereocenters. The van der Waals surface area contributed by atoms with E-state index in [9.17, 15) is 0 Å². The maximum atomic E-state index is 5.49. The summed E-state index contributed by atoms with van der Waals surface area (Å²) in [6, 6.07) is 0. The van der Waals surface area contributed by atoms with Crippen LogP contribution in [0.25, 0.3) is 0 Å². The second-order valence-corrected chi connectivity index (χ2v) is 2.42. The first kappa shape index (κ1) is 7.85. The van der Waals surface area contributed by atoms with E-state index in [4.69, 9.17) is 10.9 Å². The van der Waals surface area contributed by atoms with E-state index < -0.39 is 0 Å². The van der Waals surface area contributed by atoms with Gasteiger partial charge in [0, 0.05) is 11.1 Å².